The molecule has 25 heavy (non-hydrogen) atoms. The van der Waals surface area contributed by atoms with Crippen LogP contribution in [0.4, 0.5) is 5.69 Å². The van der Waals surface area contributed by atoms with Gasteiger partial charge in [0.1, 0.15) is 11.5 Å². The molecular formula is C20H22N2O3. The Kier molecular flexibility index (Phi) is 5.23. The summed E-state index contributed by atoms with van der Waals surface area (Å²) in [7, 11) is 0. The Balaban J connectivity index is 1.78. The first kappa shape index (κ1) is 16.9. The van der Waals surface area contributed by atoms with Gasteiger partial charge in [-0.15, -0.1) is 0 Å². The highest BCUT2D eigenvalue weighted by molar-refractivity contribution is 5.96. The Morgan fingerprint density at radius 2 is 1.88 bits per heavy atom. The standard InChI is InChI=1S/C20H22N2O3/c1-3-24-15-9-10-19(25-4-2)18(12-15)22-20(23)11-14-13-21-17-8-6-5-7-16(14)17/h5-10,12-13,21H,3-4,11H2,1-2H3,(H,22,23). The highest BCUT2D eigenvalue weighted by Gasteiger charge is 2.12. The molecule has 0 spiro atoms. The molecule has 0 aliphatic heterocycles. The van der Waals surface area contributed by atoms with Gasteiger partial charge in [-0.2, -0.15) is 0 Å². The fourth-order valence-electron chi connectivity index (χ4n) is 2.79. The van der Waals surface area contributed by atoms with Crippen molar-refractivity contribution >= 4 is 22.5 Å². The number of fused-ring (bicyclic) bond motifs is 1. The van der Waals surface area contributed by atoms with E-state index in [0.717, 1.165) is 16.5 Å². The molecule has 1 aromatic heterocycles. The summed E-state index contributed by atoms with van der Waals surface area (Å²) in [5, 5.41) is 4.00. The molecule has 1 heterocycles. The van der Waals surface area contributed by atoms with Crippen molar-refractivity contribution in [2.75, 3.05) is 18.5 Å². The van der Waals surface area contributed by atoms with Gasteiger partial charge in [-0.05, 0) is 37.6 Å². The fraction of sp³-hybridized carbons (Fsp3) is 0.250. The van der Waals surface area contributed by atoms with E-state index in [-0.39, 0.29) is 12.3 Å². The molecule has 2 aromatic carbocycles. The molecule has 130 valence electrons. The van der Waals surface area contributed by atoms with Gasteiger partial charge in [-0.1, -0.05) is 18.2 Å². The van der Waals surface area contributed by atoms with Crippen LogP contribution in [-0.4, -0.2) is 24.1 Å². The Morgan fingerprint density at radius 1 is 1.08 bits per heavy atom. The Hall–Kier alpha value is -2.95. The fourth-order valence-corrected chi connectivity index (χ4v) is 2.79. The second-order valence-electron chi connectivity index (χ2n) is 5.61. The van der Waals surface area contributed by atoms with Gasteiger partial charge >= 0.3 is 0 Å². The van der Waals surface area contributed by atoms with Gasteiger partial charge in [0.25, 0.3) is 0 Å². The van der Waals surface area contributed by atoms with E-state index in [0.29, 0.717) is 30.4 Å². The predicted octanol–water partition coefficient (Wildman–Crippen LogP) is 4.15. The van der Waals surface area contributed by atoms with Gasteiger partial charge in [0.15, 0.2) is 0 Å². The van der Waals surface area contributed by atoms with Gasteiger partial charge in [0, 0.05) is 23.2 Å². The number of hydrogen-bond acceptors (Lipinski definition) is 3. The Labute approximate surface area is 147 Å². The van der Waals surface area contributed by atoms with E-state index in [2.05, 4.69) is 10.3 Å². The third-order valence-electron chi connectivity index (χ3n) is 3.86. The number of anilines is 1. The molecule has 5 heteroatoms. The minimum atomic E-state index is -0.0978. The van der Waals surface area contributed by atoms with Crippen molar-refractivity contribution in [1.82, 2.24) is 4.98 Å². The van der Waals surface area contributed by atoms with E-state index in [9.17, 15) is 4.79 Å². The lowest BCUT2D eigenvalue weighted by Gasteiger charge is -2.13. The maximum atomic E-state index is 12.5. The van der Waals surface area contributed by atoms with Crippen LogP contribution in [0.3, 0.4) is 0 Å². The number of rotatable bonds is 7. The van der Waals surface area contributed by atoms with E-state index >= 15 is 0 Å². The lowest BCUT2D eigenvalue weighted by molar-refractivity contribution is -0.115. The number of hydrogen-bond donors (Lipinski definition) is 2. The first-order valence-electron chi connectivity index (χ1n) is 8.45. The van der Waals surface area contributed by atoms with E-state index in [1.807, 2.05) is 56.4 Å². The summed E-state index contributed by atoms with van der Waals surface area (Å²) in [6.07, 6.45) is 2.17. The van der Waals surface area contributed by atoms with E-state index in [1.54, 1.807) is 6.07 Å². The Morgan fingerprint density at radius 3 is 2.68 bits per heavy atom. The number of benzene rings is 2. The second-order valence-corrected chi connectivity index (χ2v) is 5.61. The van der Waals surface area contributed by atoms with Crippen molar-refractivity contribution in [3.63, 3.8) is 0 Å². The zero-order chi connectivity index (χ0) is 17.6. The minimum Gasteiger partial charge on any atom is -0.494 e. The summed E-state index contributed by atoms with van der Waals surface area (Å²) in [6.45, 7) is 4.93. The molecule has 0 radical (unpaired) electrons. The molecule has 0 fully saturated rings. The van der Waals surface area contributed by atoms with Crippen molar-refractivity contribution < 1.29 is 14.3 Å². The molecule has 0 bridgehead atoms. The molecule has 0 aliphatic carbocycles. The van der Waals surface area contributed by atoms with Crippen molar-refractivity contribution in [2.45, 2.75) is 20.3 Å². The van der Waals surface area contributed by atoms with Crippen LogP contribution in [0.2, 0.25) is 0 Å². The molecule has 2 N–H and O–H groups in total. The molecule has 3 rings (SSSR count). The SMILES string of the molecule is CCOc1ccc(OCC)c(NC(=O)Cc2c[nH]c3ccccc23)c1. The molecular weight excluding hydrogens is 316 g/mol. The largest absolute Gasteiger partial charge is 0.494 e. The third-order valence-corrected chi connectivity index (χ3v) is 3.86. The predicted molar refractivity (Wildman–Crippen MR) is 99.4 cm³/mol. The van der Waals surface area contributed by atoms with E-state index < -0.39 is 0 Å². The first-order chi connectivity index (χ1) is 12.2. The number of aromatic nitrogens is 1. The van der Waals surface area contributed by atoms with Crippen LogP contribution in [0.5, 0.6) is 11.5 Å². The zero-order valence-electron chi connectivity index (χ0n) is 14.5. The zero-order valence-corrected chi connectivity index (χ0v) is 14.5. The maximum Gasteiger partial charge on any atom is 0.228 e. The highest BCUT2D eigenvalue weighted by atomic mass is 16.5. The summed E-state index contributed by atoms with van der Waals surface area (Å²) >= 11 is 0. The molecule has 0 unspecified atom stereocenters. The number of carbonyl (C=O) groups excluding carboxylic acids is 1. The second kappa shape index (κ2) is 7.75. The minimum absolute atomic E-state index is 0.0978. The number of H-pyrrole nitrogens is 1. The van der Waals surface area contributed by atoms with Crippen LogP contribution in [0, 0.1) is 0 Å². The molecule has 0 atom stereocenters. The van der Waals surface area contributed by atoms with Crippen molar-refractivity contribution in [3.8, 4) is 11.5 Å². The number of ether oxygens (including phenoxy) is 2. The molecule has 0 aliphatic rings. The van der Waals surface area contributed by atoms with Crippen molar-refractivity contribution in [2.24, 2.45) is 0 Å². The van der Waals surface area contributed by atoms with Gasteiger partial charge in [-0.3, -0.25) is 4.79 Å². The van der Waals surface area contributed by atoms with Crippen LogP contribution in [0.25, 0.3) is 10.9 Å². The van der Waals surface area contributed by atoms with Crippen molar-refractivity contribution in [1.29, 1.82) is 0 Å². The maximum absolute atomic E-state index is 12.5. The van der Waals surface area contributed by atoms with E-state index in [4.69, 9.17) is 9.47 Å². The monoisotopic (exact) mass is 338 g/mol. The lowest BCUT2D eigenvalue weighted by Crippen LogP contribution is -2.15. The lowest BCUT2D eigenvalue weighted by atomic mass is 10.1. The van der Waals surface area contributed by atoms with E-state index in [1.165, 1.54) is 0 Å². The summed E-state index contributed by atoms with van der Waals surface area (Å²) in [6, 6.07) is 13.4. The topological polar surface area (TPSA) is 63.4 Å². The van der Waals surface area contributed by atoms with Crippen LogP contribution in [0.1, 0.15) is 19.4 Å². The normalized spacial score (nSPS) is 10.6. The first-order valence-corrected chi connectivity index (χ1v) is 8.45. The highest BCUT2D eigenvalue weighted by Crippen LogP contribution is 2.30. The van der Waals surface area contributed by atoms with Gasteiger partial charge in [0.05, 0.1) is 25.3 Å². The molecule has 0 saturated heterocycles. The molecule has 3 aromatic rings. The summed E-state index contributed by atoms with van der Waals surface area (Å²) in [5.41, 5.74) is 2.61. The van der Waals surface area contributed by atoms with Crippen LogP contribution >= 0.6 is 0 Å². The number of aromatic amines is 1. The number of nitrogens with one attached hydrogen (secondary N) is 2. The molecule has 5 nitrogen and oxygen atoms in total. The van der Waals surface area contributed by atoms with Crippen LogP contribution < -0.4 is 14.8 Å². The Bertz CT molecular complexity index is 870. The van der Waals surface area contributed by atoms with Crippen LogP contribution in [0.15, 0.2) is 48.7 Å². The molecule has 1 amide bonds. The summed E-state index contributed by atoms with van der Waals surface area (Å²) in [4.78, 5) is 15.7. The summed E-state index contributed by atoms with van der Waals surface area (Å²) in [5.74, 6) is 1.24. The average Bonchev–Trinajstić information content (AvgIpc) is 3.01. The smallest absolute Gasteiger partial charge is 0.228 e. The average molecular weight is 338 g/mol. The number of carbonyl (C=O) groups is 1. The number of amides is 1. The number of para-hydroxylation sites is 1. The van der Waals surface area contributed by atoms with Gasteiger partial charge < -0.3 is 19.8 Å². The van der Waals surface area contributed by atoms with Crippen LogP contribution in [-0.2, 0) is 11.2 Å². The van der Waals surface area contributed by atoms with Gasteiger partial charge in [0.2, 0.25) is 5.91 Å². The molecule has 0 saturated carbocycles. The quantitative estimate of drug-likeness (QED) is 0.680. The van der Waals surface area contributed by atoms with Crippen molar-refractivity contribution in [3.05, 3.63) is 54.2 Å². The third kappa shape index (κ3) is 3.94. The summed E-state index contributed by atoms with van der Waals surface area (Å²) < 4.78 is 11.1. The van der Waals surface area contributed by atoms with Gasteiger partial charge in [-0.25, -0.2) is 0 Å².